The molecule has 0 aliphatic heterocycles. The third-order valence-electron chi connectivity index (χ3n) is 3.19. The summed E-state index contributed by atoms with van der Waals surface area (Å²) >= 11 is 0. The number of carbonyl (C=O) groups is 2. The Hall–Kier alpha value is -2.24. The molecule has 0 fully saturated rings. The van der Waals surface area contributed by atoms with Crippen LogP contribution in [0.25, 0.3) is 0 Å². The second-order valence-electron chi connectivity index (χ2n) is 4.44. The van der Waals surface area contributed by atoms with Gasteiger partial charge in [0, 0.05) is 18.7 Å². The number of carboxylic acids is 1. The number of benzene rings is 1. The van der Waals surface area contributed by atoms with Gasteiger partial charge in [-0.05, 0) is 19.1 Å². The molecule has 0 spiro atoms. The van der Waals surface area contributed by atoms with Crippen LogP contribution < -0.4 is 9.47 Å². The molecule has 6 heteroatoms. The molecule has 0 aliphatic rings. The summed E-state index contributed by atoms with van der Waals surface area (Å²) in [5.41, 5.74) is 0.668. The van der Waals surface area contributed by atoms with E-state index in [2.05, 4.69) is 0 Å². The average molecular weight is 295 g/mol. The van der Waals surface area contributed by atoms with E-state index in [-0.39, 0.29) is 25.3 Å². The molecule has 0 radical (unpaired) electrons. The van der Waals surface area contributed by atoms with Gasteiger partial charge < -0.3 is 19.5 Å². The fourth-order valence-electron chi connectivity index (χ4n) is 2.06. The van der Waals surface area contributed by atoms with Crippen LogP contribution in [0.1, 0.15) is 18.9 Å². The smallest absolute Gasteiger partial charge is 0.305 e. The largest absolute Gasteiger partial charge is 0.496 e. The van der Waals surface area contributed by atoms with Crippen molar-refractivity contribution >= 4 is 11.9 Å². The highest BCUT2D eigenvalue weighted by Gasteiger charge is 2.18. The van der Waals surface area contributed by atoms with Crippen molar-refractivity contribution in [1.29, 1.82) is 0 Å². The molecule has 21 heavy (non-hydrogen) atoms. The van der Waals surface area contributed by atoms with E-state index in [9.17, 15) is 9.59 Å². The molecule has 0 aromatic heterocycles. The van der Waals surface area contributed by atoms with Crippen LogP contribution in [0.2, 0.25) is 0 Å². The molecule has 0 atom stereocenters. The third-order valence-corrected chi connectivity index (χ3v) is 3.19. The molecule has 0 aliphatic carbocycles. The number of amides is 1. The normalized spacial score (nSPS) is 10.0. The summed E-state index contributed by atoms with van der Waals surface area (Å²) in [6.07, 6.45) is 0.0449. The topological polar surface area (TPSA) is 76.1 Å². The van der Waals surface area contributed by atoms with Gasteiger partial charge in [-0.25, -0.2) is 0 Å². The number of hydrogen-bond donors (Lipinski definition) is 1. The molecule has 6 nitrogen and oxygen atoms in total. The first-order chi connectivity index (χ1) is 10.0. The van der Waals surface area contributed by atoms with Crippen molar-refractivity contribution in [3.05, 3.63) is 23.8 Å². The number of nitrogens with zero attached hydrogens (tertiary/aromatic N) is 1. The number of aliphatic carboxylic acids is 1. The molecule has 1 rings (SSSR count). The Morgan fingerprint density at radius 2 is 1.76 bits per heavy atom. The molecule has 1 aromatic carbocycles. The molecular formula is C15H21NO5. The minimum absolute atomic E-state index is 0.0668. The van der Waals surface area contributed by atoms with Crippen LogP contribution in [0.15, 0.2) is 18.2 Å². The van der Waals surface area contributed by atoms with Gasteiger partial charge in [-0.2, -0.15) is 0 Å². The number of ether oxygens (including phenoxy) is 2. The number of methoxy groups -OCH3 is 2. The Bertz CT molecular complexity index is 479. The molecule has 0 heterocycles. The highest BCUT2D eigenvalue weighted by molar-refractivity contribution is 5.81. The van der Waals surface area contributed by atoms with Crippen molar-refractivity contribution in [3.8, 4) is 11.5 Å². The van der Waals surface area contributed by atoms with E-state index in [0.717, 1.165) is 0 Å². The molecule has 1 aromatic rings. The Balaban J connectivity index is 2.88. The van der Waals surface area contributed by atoms with Gasteiger partial charge in [-0.3, -0.25) is 9.59 Å². The maximum absolute atomic E-state index is 12.3. The Morgan fingerprint density at radius 3 is 2.19 bits per heavy atom. The summed E-state index contributed by atoms with van der Waals surface area (Å²) in [4.78, 5) is 24.5. The van der Waals surface area contributed by atoms with E-state index in [0.29, 0.717) is 23.6 Å². The summed E-state index contributed by atoms with van der Waals surface area (Å²) in [5, 5.41) is 8.72. The average Bonchev–Trinajstić information content (AvgIpc) is 2.47. The maximum atomic E-state index is 12.3. The minimum Gasteiger partial charge on any atom is -0.496 e. The van der Waals surface area contributed by atoms with Crippen LogP contribution in [-0.4, -0.2) is 49.2 Å². The maximum Gasteiger partial charge on any atom is 0.305 e. The number of rotatable bonds is 8. The van der Waals surface area contributed by atoms with Crippen molar-refractivity contribution in [1.82, 2.24) is 4.90 Å². The SMILES string of the molecule is CCN(CCC(=O)O)C(=O)Cc1c(OC)cccc1OC. The molecule has 1 N–H and O–H groups in total. The van der Waals surface area contributed by atoms with Crippen LogP contribution in [0.3, 0.4) is 0 Å². The van der Waals surface area contributed by atoms with Gasteiger partial charge in [0.25, 0.3) is 0 Å². The van der Waals surface area contributed by atoms with Crippen molar-refractivity contribution in [2.75, 3.05) is 27.3 Å². The van der Waals surface area contributed by atoms with Crippen LogP contribution in [0.4, 0.5) is 0 Å². The van der Waals surface area contributed by atoms with Crippen molar-refractivity contribution in [2.24, 2.45) is 0 Å². The zero-order chi connectivity index (χ0) is 15.8. The molecule has 0 unspecified atom stereocenters. The van der Waals surface area contributed by atoms with Crippen molar-refractivity contribution in [3.63, 3.8) is 0 Å². The summed E-state index contributed by atoms with van der Waals surface area (Å²) < 4.78 is 10.5. The molecule has 1 amide bonds. The molecule has 0 saturated carbocycles. The predicted octanol–water partition coefficient (Wildman–Crippen LogP) is 1.57. The molecular weight excluding hydrogens is 274 g/mol. The van der Waals surface area contributed by atoms with Gasteiger partial charge in [-0.1, -0.05) is 6.07 Å². The first kappa shape index (κ1) is 16.8. The number of carbonyl (C=O) groups excluding carboxylic acids is 1. The Kier molecular flexibility index (Phi) is 6.52. The first-order valence-corrected chi connectivity index (χ1v) is 6.72. The van der Waals surface area contributed by atoms with Gasteiger partial charge in [0.1, 0.15) is 11.5 Å². The van der Waals surface area contributed by atoms with Gasteiger partial charge in [0.2, 0.25) is 5.91 Å². The highest BCUT2D eigenvalue weighted by atomic mass is 16.5. The third kappa shape index (κ3) is 4.66. The summed E-state index contributed by atoms with van der Waals surface area (Å²) in [6, 6.07) is 5.31. The van der Waals surface area contributed by atoms with Crippen LogP contribution in [-0.2, 0) is 16.0 Å². The molecule has 0 bridgehead atoms. The second-order valence-corrected chi connectivity index (χ2v) is 4.44. The van der Waals surface area contributed by atoms with Crippen LogP contribution in [0.5, 0.6) is 11.5 Å². The van der Waals surface area contributed by atoms with Gasteiger partial charge in [-0.15, -0.1) is 0 Å². The van der Waals surface area contributed by atoms with Crippen LogP contribution in [0, 0.1) is 0 Å². The lowest BCUT2D eigenvalue weighted by Gasteiger charge is -2.21. The Morgan fingerprint density at radius 1 is 1.19 bits per heavy atom. The van der Waals surface area contributed by atoms with Gasteiger partial charge >= 0.3 is 5.97 Å². The van der Waals surface area contributed by atoms with E-state index in [4.69, 9.17) is 14.6 Å². The summed E-state index contributed by atoms with van der Waals surface area (Å²) in [5.74, 6) is 0.0895. The zero-order valence-electron chi connectivity index (χ0n) is 12.6. The van der Waals surface area contributed by atoms with Crippen molar-refractivity contribution in [2.45, 2.75) is 19.8 Å². The lowest BCUT2D eigenvalue weighted by Crippen LogP contribution is -2.34. The summed E-state index contributed by atoms with van der Waals surface area (Å²) in [7, 11) is 3.07. The van der Waals surface area contributed by atoms with Crippen molar-refractivity contribution < 1.29 is 24.2 Å². The fraction of sp³-hybridized carbons (Fsp3) is 0.467. The quantitative estimate of drug-likeness (QED) is 0.788. The molecule has 0 saturated heterocycles. The van der Waals surface area contributed by atoms with E-state index in [1.54, 1.807) is 18.2 Å². The van der Waals surface area contributed by atoms with E-state index in [1.807, 2.05) is 6.92 Å². The number of carboxylic acid groups (broad SMARTS) is 1. The first-order valence-electron chi connectivity index (χ1n) is 6.72. The molecule has 116 valence electrons. The van der Waals surface area contributed by atoms with Crippen LogP contribution >= 0.6 is 0 Å². The number of likely N-dealkylation sites (N-methyl/N-ethyl adjacent to an activating group) is 1. The second kappa shape index (κ2) is 8.14. The zero-order valence-corrected chi connectivity index (χ0v) is 12.6. The van der Waals surface area contributed by atoms with Gasteiger partial charge in [0.15, 0.2) is 0 Å². The van der Waals surface area contributed by atoms with E-state index in [1.165, 1.54) is 19.1 Å². The lowest BCUT2D eigenvalue weighted by atomic mass is 10.1. The monoisotopic (exact) mass is 295 g/mol. The lowest BCUT2D eigenvalue weighted by molar-refractivity contribution is -0.138. The highest BCUT2D eigenvalue weighted by Crippen LogP contribution is 2.29. The number of hydrogen-bond acceptors (Lipinski definition) is 4. The summed E-state index contributed by atoms with van der Waals surface area (Å²) in [6.45, 7) is 2.48. The van der Waals surface area contributed by atoms with E-state index < -0.39 is 5.97 Å². The Labute approximate surface area is 124 Å². The van der Waals surface area contributed by atoms with E-state index >= 15 is 0 Å². The standard InChI is InChI=1S/C15H21NO5/c1-4-16(9-8-15(18)19)14(17)10-11-12(20-2)6-5-7-13(11)21-3/h5-7H,4,8-10H2,1-3H3,(H,18,19). The fourth-order valence-corrected chi connectivity index (χ4v) is 2.06. The predicted molar refractivity (Wildman–Crippen MR) is 77.8 cm³/mol. The van der Waals surface area contributed by atoms with Gasteiger partial charge in [0.05, 0.1) is 27.1 Å². The minimum atomic E-state index is -0.920.